The number of amides is 2. The molecule has 2 amide bonds. The number of rotatable bonds is 6. The van der Waals surface area contributed by atoms with E-state index in [1.54, 1.807) is 13.3 Å². The minimum atomic E-state index is -0.250. The van der Waals surface area contributed by atoms with E-state index in [-0.39, 0.29) is 12.1 Å². The van der Waals surface area contributed by atoms with Crippen molar-refractivity contribution >= 4 is 22.5 Å². The van der Waals surface area contributed by atoms with Gasteiger partial charge in [-0.2, -0.15) is 0 Å². The third-order valence-electron chi connectivity index (χ3n) is 3.42. The minimum absolute atomic E-state index is 0.0738. The molecule has 0 spiro atoms. The van der Waals surface area contributed by atoms with Crippen LogP contribution in [0.25, 0.3) is 0 Å². The topological polar surface area (TPSA) is 66.5 Å². The molecule has 0 saturated heterocycles. The molecule has 0 fully saturated rings. The molecule has 0 aliphatic heterocycles. The lowest BCUT2D eigenvalue weighted by atomic mass is 10.1. The van der Waals surface area contributed by atoms with Gasteiger partial charge in [0.2, 0.25) is 0 Å². The van der Waals surface area contributed by atoms with Gasteiger partial charge in [-0.05, 0) is 38.7 Å². The highest BCUT2D eigenvalue weighted by Crippen LogP contribution is 2.21. The van der Waals surface area contributed by atoms with E-state index in [4.69, 9.17) is 4.74 Å². The highest BCUT2D eigenvalue weighted by Gasteiger charge is 2.15. The van der Waals surface area contributed by atoms with Crippen LogP contribution >= 0.6 is 11.3 Å². The fourth-order valence-corrected chi connectivity index (χ4v) is 2.83. The Kier molecular flexibility index (Phi) is 5.95. The zero-order valence-corrected chi connectivity index (χ0v) is 14.6. The van der Waals surface area contributed by atoms with Crippen molar-refractivity contribution in [1.82, 2.24) is 15.2 Å². The van der Waals surface area contributed by atoms with Gasteiger partial charge in [-0.15, -0.1) is 11.3 Å². The first kappa shape index (κ1) is 17.2. The molecule has 7 heteroatoms. The predicted molar refractivity (Wildman–Crippen MR) is 93.3 cm³/mol. The largest absolute Gasteiger partial charge is 0.497 e. The van der Waals surface area contributed by atoms with Crippen molar-refractivity contribution in [2.45, 2.75) is 13.0 Å². The Morgan fingerprint density at radius 1 is 1.35 bits per heavy atom. The normalized spacial score (nSPS) is 12.0. The van der Waals surface area contributed by atoms with Gasteiger partial charge in [-0.25, -0.2) is 9.78 Å². The molecular formula is C16H22N4O2S. The van der Waals surface area contributed by atoms with Gasteiger partial charge in [0.05, 0.1) is 13.2 Å². The number of carbonyl (C=O) groups excluding carboxylic acids is 1. The average Bonchev–Trinajstić information content (AvgIpc) is 2.92. The summed E-state index contributed by atoms with van der Waals surface area (Å²) in [5, 5.41) is 6.24. The number of hydrogen-bond acceptors (Lipinski definition) is 5. The Labute approximate surface area is 140 Å². The average molecular weight is 334 g/mol. The van der Waals surface area contributed by atoms with E-state index in [2.05, 4.69) is 20.5 Å². The quantitative estimate of drug-likeness (QED) is 0.852. The van der Waals surface area contributed by atoms with Crippen molar-refractivity contribution in [2.75, 3.05) is 33.1 Å². The van der Waals surface area contributed by atoms with Crippen LogP contribution in [0.5, 0.6) is 5.75 Å². The van der Waals surface area contributed by atoms with E-state index in [0.717, 1.165) is 16.2 Å². The Hall–Kier alpha value is -2.12. The minimum Gasteiger partial charge on any atom is -0.497 e. The summed E-state index contributed by atoms with van der Waals surface area (Å²) in [6, 6.07) is 7.68. The lowest BCUT2D eigenvalue weighted by Gasteiger charge is -2.25. The molecule has 0 aliphatic rings. The number of carbonyl (C=O) groups is 1. The maximum atomic E-state index is 12.0. The smallest absolute Gasteiger partial charge is 0.321 e. The second-order valence-corrected chi connectivity index (χ2v) is 6.60. The van der Waals surface area contributed by atoms with Crippen LogP contribution in [-0.4, -0.2) is 43.7 Å². The molecule has 0 radical (unpaired) electrons. The van der Waals surface area contributed by atoms with Gasteiger partial charge in [-0.3, -0.25) is 5.32 Å². The van der Waals surface area contributed by atoms with Gasteiger partial charge < -0.3 is 15.0 Å². The second kappa shape index (κ2) is 7.94. The lowest BCUT2D eigenvalue weighted by molar-refractivity contribution is 0.243. The molecule has 0 aliphatic carbocycles. The summed E-state index contributed by atoms with van der Waals surface area (Å²) >= 11 is 1.45. The molecule has 1 atom stereocenters. The number of benzene rings is 1. The Morgan fingerprint density at radius 3 is 2.57 bits per heavy atom. The number of hydrogen-bond donors (Lipinski definition) is 2. The molecule has 2 N–H and O–H groups in total. The number of ether oxygens (including phenoxy) is 1. The summed E-state index contributed by atoms with van der Waals surface area (Å²) in [5.74, 6) is 0.816. The molecule has 124 valence electrons. The SMILES string of the molecule is COc1ccc(C(CNC(=O)Nc2ncc(C)s2)N(C)C)cc1. The third-order valence-corrected chi connectivity index (χ3v) is 4.25. The summed E-state index contributed by atoms with van der Waals surface area (Å²) in [7, 11) is 5.61. The number of methoxy groups -OCH3 is 1. The van der Waals surface area contributed by atoms with Crippen LogP contribution in [0.2, 0.25) is 0 Å². The molecular weight excluding hydrogens is 312 g/mol. The fourth-order valence-electron chi connectivity index (χ4n) is 2.17. The maximum absolute atomic E-state index is 12.0. The Bertz CT molecular complexity index is 640. The second-order valence-electron chi connectivity index (χ2n) is 5.36. The van der Waals surface area contributed by atoms with E-state index in [0.29, 0.717) is 11.7 Å². The molecule has 1 heterocycles. The van der Waals surface area contributed by atoms with Gasteiger partial charge in [0.25, 0.3) is 0 Å². The number of likely N-dealkylation sites (N-methyl/N-ethyl adjacent to an activating group) is 1. The van der Waals surface area contributed by atoms with Gasteiger partial charge >= 0.3 is 6.03 Å². The van der Waals surface area contributed by atoms with E-state index in [9.17, 15) is 4.79 Å². The molecule has 6 nitrogen and oxygen atoms in total. The monoisotopic (exact) mass is 334 g/mol. The summed E-state index contributed by atoms with van der Waals surface area (Å²) in [5.41, 5.74) is 1.11. The molecule has 1 aromatic heterocycles. The molecule has 1 aromatic carbocycles. The number of anilines is 1. The Balaban J connectivity index is 1.94. The maximum Gasteiger partial charge on any atom is 0.321 e. The zero-order valence-electron chi connectivity index (χ0n) is 13.8. The number of urea groups is 1. The van der Waals surface area contributed by atoms with Crippen LogP contribution in [0.1, 0.15) is 16.5 Å². The van der Waals surface area contributed by atoms with Crippen LogP contribution < -0.4 is 15.4 Å². The van der Waals surface area contributed by atoms with Crippen LogP contribution in [0.3, 0.4) is 0 Å². The van der Waals surface area contributed by atoms with Gasteiger partial charge in [0.1, 0.15) is 5.75 Å². The number of thiazole rings is 1. The number of nitrogens with one attached hydrogen (secondary N) is 2. The van der Waals surface area contributed by atoms with E-state index < -0.39 is 0 Å². The first-order valence-electron chi connectivity index (χ1n) is 7.27. The Morgan fingerprint density at radius 2 is 2.04 bits per heavy atom. The van der Waals surface area contributed by atoms with Crippen molar-refractivity contribution in [2.24, 2.45) is 0 Å². The van der Waals surface area contributed by atoms with Crippen molar-refractivity contribution in [3.63, 3.8) is 0 Å². The summed E-state index contributed by atoms with van der Waals surface area (Å²) in [6.45, 7) is 2.45. The molecule has 2 rings (SSSR count). The van der Waals surface area contributed by atoms with Crippen LogP contribution in [0, 0.1) is 6.92 Å². The summed E-state index contributed by atoms with van der Waals surface area (Å²) < 4.78 is 5.18. The summed E-state index contributed by atoms with van der Waals surface area (Å²) in [6.07, 6.45) is 1.74. The van der Waals surface area contributed by atoms with E-state index in [1.807, 2.05) is 45.3 Å². The highest BCUT2D eigenvalue weighted by molar-refractivity contribution is 7.15. The standard InChI is InChI=1S/C16H22N4O2S/c1-11-9-18-16(23-11)19-15(21)17-10-14(20(2)3)12-5-7-13(22-4)8-6-12/h5-9,14H,10H2,1-4H3,(H2,17,18,19,21). The van der Waals surface area contributed by atoms with Crippen molar-refractivity contribution in [1.29, 1.82) is 0 Å². The number of aryl methyl sites for hydroxylation is 1. The zero-order chi connectivity index (χ0) is 16.8. The molecule has 1 unspecified atom stereocenters. The van der Waals surface area contributed by atoms with E-state index in [1.165, 1.54) is 11.3 Å². The first-order valence-corrected chi connectivity index (χ1v) is 8.09. The van der Waals surface area contributed by atoms with Crippen molar-refractivity contribution in [3.8, 4) is 5.75 Å². The number of aromatic nitrogens is 1. The summed E-state index contributed by atoms with van der Waals surface area (Å²) in [4.78, 5) is 19.2. The van der Waals surface area contributed by atoms with Crippen molar-refractivity contribution < 1.29 is 9.53 Å². The first-order chi connectivity index (χ1) is 11.0. The lowest BCUT2D eigenvalue weighted by Crippen LogP contribution is -2.36. The van der Waals surface area contributed by atoms with Crippen LogP contribution in [0.4, 0.5) is 9.93 Å². The van der Waals surface area contributed by atoms with Crippen molar-refractivity contribution in [3.05, 3.63) is 40.9 Å². The van der Waals surface area contributed by atoms with Crippen LogP contribution in [-0.2, 0) is 0 Å². The number of nitrogens with zero attached hydrogens (tertiary/aromatic N) is 2. The van der Waals surface area contributed by atoms with Gasteiger partial charge in [0, 0.05) is 17.6 Å². The highest BCUT2D eigenvalue weighted by atomic mass is 32.1. The molecule has 23 heavy (non-hydrogen) atoms. The predicted octanol–water partition coefficient (Wildman–Crippen LogP) is 2.88. The molecule has 0 bridgehead atoms. The fraction of sp³-hybridized carbons (Fsp3) is 0.375. The molecule has 2 aromatic rings. The van der Waals surface area contributed by atoms with E-state index >= 15 is 0 Å². The van der Waals surface area contributed by atoms with Crippen LogP contribution in [0.15, 0.2) is 30.5 Å². The van der Waals surface area contributed by atoms with Gasteiger partial charge in [-0.1, -0.05) is 12.1 Å². The molecule has 0 saturated carbocycles. The van der Waals surface area contributed by atoms with Gasteiger partial charge in [0.15, 0.2) is 5.13 Å². The third kappa shape index (κ3) is 4.94.